The molecule has 3 aliphatic rings. The quantitative estimate of drug-likeness (QED) is 0.0772. The Hall–Kier alpha value is -4.01. The average molecular weight is 1160 g/mol. The van der Waals surface area contributed by atoms with Crippen LogP contribution in [0.4, 0.5) is 35.0 Å². The lowest BCUT2D eigenvalue weighted by molar-refractivity contribution is -0.123. The average Bonchev–Trinajstić information content (AvgIpc) is 3.32. The molecule has 2 amide bonds. The largest absolute Gasteiger partial charge is 0.504 e. The molecule has 3 aromatic rings. The van der Waals surface area contributed by atoms with E-state index in [0.717, 1.165) is 0 Å². The van der Waals surface area contributed by atoms with Gasteiger partial charge in [-0.25, -0.2) is 43.2 Å². The third kappa shape index (κ3) is 13.2. The van der Waals surface area contributed by atoms with E-state index in [1.807, 2.05) is 0 Å². The van der Waals surface area contributed by atoms with Crippen molar-refractivity contribution in [3.63, 3.8) is 0 Å². The second kappa shape index (κ2) is 23.9. The maximum Gasteiger partial charge on any atom is 0.412 e. The summed E-state index contributed by atoms with van der Waals surface area (Å²) in [6.07, 6.45) is -1.07. The molecule has 7 N–H and O–H groups in total. The Morgan fingerprint density at radius 1 is 0.575 bits per heavy atom. The first kappa shape index (κ1) is 61.5. The van der Waals surface area contributed by atoms with Gasteiger partial charge in [-0.2, -0.15) is 0 Å². The van der Waals surface area contributed by atoms with Gasteiger partial charge in [-0.1, -0.05) is 55.6 Å². The fourth-order valence-corrected chi connectivity index (χ4v) is 14.9. The van der Waals surface area contributed by atoms with Crippen molar-refractivity contribution in [3.8, 4) is 17.2 Å². The lowest BCUT2D eigenvalue weighted by atomic mass is 9.95. The third-order valence-electron chi connectivity index (χ3n) is 12.3. The van der Waals surface area contributed by atoms with Gasteiger partial charge in [0.1, 0.15) is 54.6 Å². The van der Waals surface area contributed by atoms with Gasteiger partial charge in [0.2, 0.25) is 5.91 Å². The van der Waals surface area contributed by atoms with Crippen LogP contribution in [0.2, 0.25) is 15.1 Å². The van der Waals surface area contributed by atoms with Crippen LogP contribution < -0.4 is 16.4 Å². The zero-order chi connectivity index (χ0) is 55.2. The van der Waals surface area contributed by atoms with Crippen molar-refractivity contribution < 1.29 is 82.3 Å². The molecule has 73 heavy (non-hydrogen) atoms. The summed E-state index contributed by atoms with van der Waals surface area (Å²) in [5.74, 6) is -2.48. The van der Waals surface area contributed by atoms with Crippen molar-refractivity contribution in [2.24, 2.45) is 5.41 Å². The smallest absolute Gasteiger partial charge is 0.412 e. The molecule has 27 heteroatoms. The molecule has 0 bridgehead atoms. The Labute approximate surface area is 438 Å². The highest BCUT2D eigenvalue weighted by Gasteiger charge is 2.51. The number of hydrogen-bond acceptors (Lipinski definition) is 16. The van der Waals surface area contributed by atoms with Crippen molar-refractivity contribution in [1.82, 2.24) is 0 Å². The summed E-state index contributed by atoms with van der Waals surface area (Å²) < 4.78 is 135. The van der Waals surface area contributed by atoms with Gasteiger partial charge in [0.25, 0.3) is 0 Å². The molecule has 6 rings (SSSR count). The molecule has 3 fully saturated rings. The Kier molecular flexibility index (Phi) is 20.1. The number of sulfone groups is 3. The number of aromatic hydroxyl groups is 3. The van der Waals surface area contributed by atoms with Crippen LogP contribution in [0.1, 0.15) is 80.1 Å². The first-order chi connectivity index (χ1) is 33.7. The number of hydrogen-bond donors (Lipinski definition) is 6. The van der Waals surface area contributed by atoms with Gasteiger partial charge in [-0.15, -0.1) is 0 Å². The number of phenolic OH excluding ortho intramolecular Hbond substituents is 3. The molecule has 3 saturated heterocycles. The minimum atomic E-state index is -4.36. The van der Waals surface area contributed by atoms with E-state index in [2.05, 4.69) is 10.6 Å². The van der Waals surface area contributed by atoms with Crippen LogP contribution in [0, 0.1) is 5.41 Å². The predicted octanol–water partition coefficient (Wildman–Crippen LogP) is 8.93. The second-order valence-electron chi connectivity index (χ2n) is 19.5. The van der Waals surface area contributed by atoms with E-state index in [0.29, 0.717) is 0 Å². The van der Waals surface area contributed by atoms with Gasteiger partial charge in [-0.3, -0.25) is 10.1 Å². The van der Waals surface area contributed by atoms with Gasteiger partial charge in [0.15, 0.2) is 46.8 Å². The van der Waals surface area contributed by atoms with E-state index in [1.165, 1.54) is 36.4 Å². The molecule has 3 aromatic carbocycles. The van der Waals surface area contributed by atoms with Crippen molar-refractivity contribution in [3.05, 3.63) is 51.5 Å². The van der Waals surface area contributed by atoms with E-state index in [1.54, 1.807) is 41.5 Å². The highest BCUT2D eigenvalue weighted by Crippen LogP contribution is 2.47. The van der Waals surface area contributed by atoms with Crippen LogP contribution in [-0.4, -0.2) is 132 Å². The van der Waals surface area contributed by atoms with Crippen LogP contribution in [0.3, 0.4) is 0 Å². The van der Waals surface area contributed by atoms with Crippen LogP contribution in [-0.2, 0) is 53.3 Å². The lowest BCUT2D eigenvalue weighted by Gasteiger charge is -2.34. The minimum absolute atomic E-state index is 0.0103. The van der Waals surface area contributed by atoms with Crippen molar-refractivity contribution >= 4 is 93.4 Å². The topological polar surface area (TPSA) is 284 Å². The van der Waals surface area contributed by atoms with Crippen molar-refractivity contribution in [1.29, 1.82) is 0 Å². The SMILES string of the molecule is CC(C)(C)C(=O)Nc1ccc(Cl)c(S(=O)(=O)C2(CF)CCOCC2)c1O.CC(C)(C)OC(=O)Nc1ccc(Cl)c(S(=O)(=O)C2(CF)CCOCC2)c1O.Nc1ccc(Cl)c(S(=O)(=O)C2(CF)CCOCC2)c1O. The number of phenols is 3. The molecule has 0 atom stereocenters. The highest BCUT2D eigenvalue weighted by atomic mass is 35.5. The van der Waals surface area contributed by atoms with Gasteiger partial charge in [-0.05, 0) is 95.7 Å². The second-order valence-corrected chi connectivity index (χ2v) is 27.6. The van der Waals surface area contributed by atoms with Gasteiger partial charge < -0.3 is 45.3 Å². The number of ether oxygens (including phenoxy) is 4. The number of rotatable bonds is 11. The number of anilines is 3. The molecule has 0 saturated carbocycles. The van der Waals surface area contributed by atoms with Gasteiger partial charge in [0, 0.05) is 45.1 Å². The maximum atomic E-state index is 13.8. The van der Waals surface area contributed by atoms with Crippen molar-refractivity contribution in [2.45, 2.75) is 115 Å². The summed E-state index contributed by atoms with van der Waals surface area (Å²) in [6, 6.07) is 7.60. The molecule has 0 aliphatic carbocycles. The fraction of sp³-hybridized carbons (Fsp3) is 0.565. The summed E-state index contributed by atoms with van der Waals surface area (Å²) in [4.78, 5) is 22.4. The van der Waals surface area contributed by atoms with E-state index < -0.39 is 119 Å². The van der Waals surface area contributed by atoms with Crippen LogP contribution in [0.25, 0.3) is 0 Å². The van der Waals surface area contributed by atoms with Crippen LogP contribution in [0.5, 0.6) is 17.2 Å². The fourth-order valence-electron chi connectivity index (χ4n) is 7.65. The Morgan fingerprint density at radius 3 is 1.18 bits per heavy atom. The zero-order valence-corrected chi connectivity index (χ0v) is 45.6. The number of amides is 2. The van der Waals surface area contributed by atoms with Crippen molar-refractivity contribution in [2.75, 3.05) is 76.0 Å². The van der Waals surface area contributed by atoms with E-state index in [4.69, 9.17) is 59.5 Å². The monoisotopic (exact) mass is 1150 g/mol. The van der Waals surface area contributed by atoms with Crippen LogP contribution in [0.15, 0.2) is 51.1 Å². The van der Waals surface area contributed by atoms with Gasteiger partial charge >= 0.3 is 6.09 Å². The third-order valence-corrected chi connectivity index (χ3v) is 21.4. The van der Waals surface area contributed by atoms with E-state index >= 15 is 0 Å². The number of nitrogens with two attached hydrogens (primary N) is 1. The number of benzene rings is 3. The number of carbonyl (C=O) groups excluding carboxylic acids is 2. The molecule has 410 valence electrons. The predicted molar refractivity (Wildman–Crippen MR) is 270 cm³/mol. The molecule has 3 aliphatic heterocycles. The Morgan fingerprint density at radius 2 is 0.877 bits per heavy atom. The summed E-state index contributed by atoms with van der Waals surface area (Å²) in [6.45, 7) is 7.30. The first-order valence-electron chi connectivity index (χ1n) is 22.5. The molecule has 0 spiro atoms. The summed E-state index contributed by atoms with van der Waals surface area (Å²) in [5, 5.41) is 35.1. The van der Waals surface area contributed by atoms with E-state index in [-0.39, 0.29) is 110 Å². The minimum Gasteiger partial charge on any atom is -0.504 e. The molecule has 3 heterocycles. The van der Waals surface area contributed by atoms with Crippen LogP contribution >= 0.6 is 34.8 Å². The van der Waals surface area contributed by atoms with E-state index in [9.17, 15) is 63.3 Å². The normalized spacial score (nSPS) is 17.9. The maximum absolute atomic E-state index is 13.8. The zero-order valence-electron chi connectivity index (χ0n) is 40.9. The lowest BCUT2D eigenvalue weighted by Crippen LogP contribution is -2.46. The number of alkyl halides is 3. The standard InChI is InChI=1S/C17H23ClFNO6S.C17H23ClFNO5S.C12H15ClFNO4S/c1-16(2,3)26-15(22)20-12-5-4-11(18)14(13(12)21)27(23,24)17(10-19)6-8-25-9-7-17;1-16(2,3)15(22)20-12-5-4-11(18)14(13(12)21)26(23,24)17(10-19)6-8-25-9-7-17;13-8-1-2-9(15)10(16)11(8)20(17,18)12(7-14)3-5-19-6-4-12/h4-5,21H,6-10H2,1-3H3,(H,20,22);4-5,21H,6-10H2,1-3H3,(H,20,22);1-2,16H,3-7,15H2. The molecule has 0 radical (unpaired) electrons. The molecular weight excluding hydrogens is 1090 g/mol. The van der Waals surface area contributed by atoms with Gasteiger partial charge in [0.05, 0.1) is 32.1 Å². The summed E-state index contributed by atoms with van der Waals surface area (Å²) in [5.41, 5.74) is 3.55. The molecular formula is C46H61Cl3F3N3O15S3. The summed E-state index contributed by atoms with van der Waals surface area (Å²) >= 11 is 18.0. The Balaban J connectivity index is 0.000000240. The number of carbonyl (C=O) groups is 2. The number of halogens is 6. The molecule has 0 unspecified atom stereocenters. The Bertz CT molecular complexity index is 2830. The number of nitrogen functional groups attached to an aromatic ring is 1. The first-order valence-corrected chi connectivity index (χ1v) is 28.1. The molecule has 0 aromatic heterocycles. The highest BCUT2D eigenvalue weighted by molar-refractivity contribution is 7.93. The summed E-state index contributed by atoms with van der Waals surface area (Å²) in [7, 11) is -12.8. The molecule has 18 nitrogen and oxygen atoms in total. The number of nitrogens with one attached hydrogen (secondary N) is 2.